The number of hydrogen-bond donors (Lipinski definition) is 1. The molecule has 102 valence electrons. The maximum Gasteiger partial charge on any atom is 0.236 e. The third-order valence-corrected chi connectivity index (χ3v) is 3.06. The molecule has 3 nitrogen and oxygen atoms in total. The quantitative estimate of drug-likeness (QED) is 0.862. The summed E-state index contributed by atoms with van der Waals surface area (Å²) >= 11 is 0. The van der Waals surface area contributed by atoms with Crippen molar-refractivity contribution in [2.45, 2.75) is 32.7 Å². The van der Waals surface area contributed by atoms with E-state index in [1.807, 2.05) is 30.0 Å². The first-order valence-corrected chi connectivity index (χ1v) is 6.26. The van der Waals surface area contributed by atoms with Crippen molar-refractivity contribution >= 4 is 18.3 Å². The smallest absolute Gasteiger partial charge is 0.236 e. The van der Waals surface area contributed by atoms with Gasteiger partial charge in [-0.25, -0.2) is 0 Å². The Morgan fingerprint density at radius 3 is 2.33 bits per heavy atom. The summed E-state index contributed by atoms with van der Waals surface area (Å²) in [4.78, 5) is 13.6. The van der Waals surface area contributed by atoms with E-state index in [9.17, 15) is 4.79 Å². The largest absolute Gasteiger partial charge is 0.339 e. The summed E-state index contributed by atoms with van der Waals surface area (Å²) in [6, 6.07) is 10.5. The van der Waals surface area contributed by atoms with Crippen molar-refractivity contribution in [3.8, 4) is 0 Å². The Balaban J connectivity index is 0.00000289. The molecular formula is C14H23ClN2O. The van der Waals surface area contributed by atoms with E-state index in [1.54, 1.807) is 0 Å². The lowest BCUT2D eigenvalue weighted by Gasteiger charge is -2.30. The zero-order chi connectivity index (χ0) is 12.7. The molecule has 1 amide bonds. The van der Waals surface area contributed by atoms with E-state index < -0.39 is 0 Å². The number of amides is 1. The molecule has 0 fully saturated rings. The van der Waals surface area contributed by atoms with Gasteiger partial charge in [0, 0.05) is 12.6 Å². The zero-order valence-corrected chi connectivity index (χ0v) is 12.0. The normalized spacial score (nSPS) is 11.5. The van der Waals surface area contributed by atoms with Crippen LogP contribution in [0.5, 0.6) is 0 Å². The molecule has 0 heterocycles. The summed E-state index contributed by atoms with van der Waals surface area (Å²) in [6.07, 6.45) is 1.85. The summed E-state index contributed by atoms with van der Waals surface area (Å²) in [5.74, 6) is 0.0373. The molecule has 0 aliphatic rings. The van der Waals surface area contributed by atoms with E-state index >= 15 is 0 Å². The third-order valence-electron chi connectivity index (χ3n) is 3.06. The van der Waals surface area contributed by atoms with Crippen molar-refractivity contribution in [1.82, 2.24) is 4.90 Å². The minimum Gasteiger partial charge on any atom is -0.339 e. The molecular weight excluding hydrogens is 248 g/mol. The predicted molar refractivity (Wildman–Crippen MR) is 77.9 cm³/mol. The van der Waals surface area contributed by atoms with Crippen LogP contribution in [0.2, 0.25) is 0 Å². The predicted octanol–water partition coefficient (Wildman–Crippen LogP) is 2.24. The Morgan fingerprint density at radius 1 is 1.28 bits per heavy atom. The molecule has 1 rings (SSSR count). The topological polar surface area (TPSA) is 46.3 Å². The maximum atomic E-state index is 11.7. The summed E-state index contributed by atoms with van der Waals surface area (Å²) in [5.41, 5.74) is 6.71. The molecule has 2 N–H and O–H groups in total. The van der Waals surface area contributed by atoms with Crippen molar-refractivity contribution < 1.29 is 4.79 Å². The highest BCUT2D eigenvalue weighted by Crippen LogP contribution is 2.12. The van der Waals surface area contributed by atoms with E-state index in [0.29, 0.717) is 0 Å². The van der Waals surface area contributed by atoms with E-state index in [-0.39, 0.29) is 30.9 Å². The van der Waals surface area contributed by atoms with Gasteiger partial charge in [0.15, 0.2) is 0 Å². The van der Waals surface area contributed by atoms with Crippen LogP contribution >= 0.6 is 12.4 Å². The number of hydrogen-bond acceptors (Lipinski definition) is 2. The van der Waals surface area contributed by atoms with Gasteiger partial charge in [0.1, 0.15) is 0 Å². The first-order chi connectivity index (χ1) is 8.22. The number of nitrogens with two attached hydrogens (primary N) is 1. The number of nitrogens with zero attached hydrogens (tertiary/aromatic N) is 1. The van der Waals surface area contributed by atoms with Crippen LogP contribution in [-0.2, 0) is 11.2 Å². The zero-order valence-electron chi connectivity index (χ0n) is 11.1. The summed E-state index contributed by atoms with van der Waals surface area (Å²) in [6.45, 7) is 4.93. The second kappa shape index (κ2) is 8.95. The average molecular weight is 271 g/mol. The number of halogens is 1. The lowest BCUT2D eigenvalue weighted by Crippen LogP contribution is -2.44. The van der Waals surface area contributed by atoms with Gasteiger partial charge in [0.2, 0.25) is 5.91 Å². The highest BCUT2D eigenvalue weighted by Gasteiger charge is 2.19. The van der Waals surface area contributed by atoms with Gasteiger partial charge in [-0.3, -0.25) is 4.79 Å². The van der Waals surface area contributed by atoms with Crippen LogP contribution in [0.4, 0.5) is 0 Å². The van der Waals surface area contributed by atoms with Gasteiger partial charge in [-0.2, -0.15) is 0 Å². The van der Waals surface area contributed by atoms with Crippen LogP contribution in [0.15, 0.2) is 30.3 Å². The second-order valence-electron chi connectivity index (χ2n) is 4.14. The molecule has 18 heavy (non-hydrogen) atoms. The van der Waals surface area contributed by atoms with E-state index in [2.05, 4.69) is 19.1 Å². The molecule has 1 aromatic carbocycles. The van der Waals surface area contributed by atoms with Gasteiger partial charge in [-0.05, 0) is 25.3 Å². The van der Waals surface area contributed by atoms with Gasteiger partial charge < -0.3 is 10.6 Å². The van der Waals surface area contributed by atoms with Gasteiger partial charge in [-0.15, -0.1) is 12.4 Å². The highest BCUT2D eigenvalue weighted by atomic mass is 35.5. The van der Waals surface area contributed by atoms with E-state index in [0.717, 1.165) is 19.4 Å². The van der Waals surface area contributed by atoms with Crippen LogP contribution in [0, 0.1) is 0 Å². The molecule has 1 aromatic rings. The minimum absolute atomic E-state index is 0. The number of likely N-dealkylation sites (N-methyl/N-ethyl adjacent to an activating group) is 1. The van der Waals surface area contributed by atoms with E-state index in [1.165, 1.54) is 5.56 Å². The van der Waals surface area contributed by atoms with Crippen LogP contribution in [0.1, 0.15) is 25.8 Å². The average Bonchev–Trinajstić information content (AvgIpc) is 2.39. The molecule has 1 atom stereocenters. The molecule has 0 aliphatic heterocycles. The first kappa shape index (κ1) is 16.9. The number of carbonyl (C=O) groups is 1. The minimum atomic E-state index is 0. The number of carbonyl (C=O) groups excluding carboxylic acids is 1. The Hall–Kier alpha value is -1.06. The van der Waals surface area contributed by atoms with Gasteiger partial charge in [-0.1, -0.05) is 37.3 Å². The number of benzene rings is 1. The van der Waals surface area contributed by atoms with Crippen molar-refractivity contribution in [2.75, 3.05) is 13.1 Å². The third kappa shape index (κ3) is 4.67. The Labute approximate surface area is 116 Å². The standard InChI is InChI=1S/C14H22N2O.ClH/c1-3-13(16(4-2)14(17)11-15)10-12-8-6-5-7-9-12;/h5-9,13H,3-4,10-11,15H2,1-2H3;1H. The lowest BCUT2D eigenvalue weighted by molar-refractivity contribution is -0.131. The first-order valence-electron chi connectivity index (χ1n) is 6.26. The Morgan fingerprint density at radius 2 is 1.89 bits per heavy atom. The Bertz CT molecular complexity index is 343. The highest BCUT2D eigenvalue weighted by molar-refractivity contribution is 5.85. The van der Waals surface area contributed by atoms with Crippen LogP contribution < -0.4 is 5.73 Å². The fourth-order valence-electron chi connectivity index (χ4n) is 2.12. The second-order valence-corrected chi connectivity index (χ2v) is 4.14. The molecule has 0 saturated carbocycles. The molecule has 0 bridgehead atoms. The van der Waals surface area contributed by atoms with Gasteiger partial charge in [0.05, 0.1) is 6.54 Å². The summed E-state index contributed by atoms with van der Waals surface area (Å²) in [5, 5.41) is 0. The molecule has 1 unspecified atom stereocenters. The maximum absolute atomic E-state index is 11.7. The van der Waals surface area contributed by atoms with Crippen molar-refractivity contribution in [2.24, 2.45) is 5.73 Å². The fraction of sp³-hybridized carbons (Fsp3) is 0.500. The van der Waals surface area contributed by atoms with Crippen molar-refractivity contribution in [1.29, 1.82) is 0 Å². The van der Waals surface area contributed by atoms with Crippen LogP contribution in [-0.4, -0.2) is 29.9 Å². The molecule has 4 heteroatoms. The molecule has 0 aromatic heterocycles. The van der Waals surface area contributed by atoms with Crippen molar-refractivity contribution in [3.63, 3.8) is 0 Å². The summed E-state index contributed by atoms with van der Waals surface area (Å²) in [7, 11) is 0. The monoisotopic (exact) mass is 270 g/mol. The molecule has 0 saturated heterocycles. The van der Waals surface area contributed by atoms with Crippen LogP contribution in [0.25, 0.3) is 0 Å². The molecule has 0 spiro atoms. The fourth-order valence-corrected chi connectivity index (χ4v) is 2.12. The Kier molecular flexibility index (Phi) is 8.42. The summed E-state index contributed by atoms with van der Waals surface area (Å²) < 4.78 is 0. The van der Waals surface area contributed by atoms with Crippen LogP contribution in [0.3, 0.4) is 0 Å². The lowest BCUT2D eigenvalue weighted by atomic mass is 10.0. The molecule has 0 aliphatic carbocycles. The number of rotatable bonds is 6. The molecule has 0 radical (unpaired) electrons. The van der Waals surface area contributed by atoms with E-state index in [4.69, 9.17) is 5.73 Å². The van der Waals surface area contributed by atoms with Gasteiger partial charge in [0.25, 0.3) is 0 Å². The SMILES string of the molecule is CCC(Cc1ccccc1)N(CC)C(=O)CN.Cl. The van der Waals surface area contributed by atoms with Crippen molar-refractivity contribution in [3.05, 3.63) is 35.9 Å². The van der Waals surface area contributed by atoms with Gasteiger partial charge >= 0.3 is 0 Å².